The number of tetrazole rings is 1. The predicted molar refractivity (Wildman–Crippen MR) is 73.4 cm³/mol. The summed E-state index contributed by atoms with van der Waals surface area (Å²) in [6, 6.07) is 4.90. The lowest BCUT2D eigenvalue weighted by Crippen LogP contribution is -2.19. The normalized spacial score (nSPS) is 15.2. The fourth-order valence-corrected chi connectivity index (χ4v) is 3.22. The van der Waals surface area contributed by atoms with Gasteiger partial charge in [-0.2, -0.15) is 0 Å². The first-order valence-electron chi connectivity index (χ1n) is 6.04. The molecule has 0 saturated heterocycles. The molecule has 3 rings (SSSR count). The Morgan fingerprint density at radius 2 is 2.33 bits per heavy atom. The Hall–Kier alpha value is -0.790. The summed E-state index contributed by atoms with van der Waals surface area (Å²) in [4.78, 5) is 1.35. The standard InChI is InChI=1S/C11H14BrN5S/c12-10-4-3-9(18-10)5-6-17-11(14-15-16-17)7-13-8-1-2-8/h3-4,8,13H,1-2,5-7H2. The molecular weight excluding hydrogens is 314 g/mol. The molecule has 96 valence electrons. The lowest BCUT2D eigenvalue weighted by atomic mass is 10.3. The number of rotatable bonds is 6. The van der Waals surface area contributed by atoms with Crippen LogP contribution in [0, 0.1) is 0 Å². The maximum Gasteiger partial charge on any atom is 0.165 e. The number of halogens is 1. The third-order valence-corrected chi connectivity index (χ3v) is 4.61. The second kappa shape index (κ2) is 5.46. The van der Waals surface area contributed by atoms with Gasteiger partial charge in [-0.1, -0.05) is 0 Å². The zero-order valence-corrected chi connectivity index (χ0v) is 12.2. The van der Waals surface area contributed by atoms with Gasteiger partial charge in [0.2, 0.25) is 0 Å². The molecule has 0 radical (unpaired) electrons. The molecule has 1 aliphatic carbocycles. The van der Waals surface area contributed by atoms with Crippen LogP contribution >= 0.6 is 27.3 Å². The van der Waals surface area contributed by atoms with Gasteiger partial charge >= 0.3 is 0 Å². The first kappa shape index (κ1) is 12.3. The van der Waals surface area contributed by atoms with Gasteiger partial charge in [-0.15, -0.1) is 16.4 Å². The minimum atomic E-state index is 0.684. The SMILES string of the molecule is Brc1ccc(CCn2nnnc2CNC2CC2)s1. The molecule has 0 aliphatic heterocycles. The molecule has 1 aliphatic rings. The summed E-state index contributed by atoms with van der Waals surface area (Å²) in [5.41, 5.74) is 0. The molecule has 0 spiro atoms. The Morgan fingerprint density at radius 3 is 3.06 bits per heavy atom. The maximum atomic E-state index is 4.07. The quantitative estimate of drug-likeness (QED) is 0.881. The van der Waals surface area contributed by atoms with E-state index in [1.807, 2.05) is 4.68 Å². The Labute approximate surface area is 118 Å². The maximum absolute atomic E-state index is 4.07. The van der Waals surface area contributed by atoms with E-state index >= 15 is 0 Å². The van der Waals surface area contributed by atoms with Gasteiger partial charge in [-0.05, 0) is 51.3 Å². The summed E-state index contributed by atoms with van der Waals surface area (Å²) in [6.45, 7) is 1.60. The van der Waals surface area contributed by atoms with Crippen LogP contribution in [0.25, 0.3) is 0 Å². The van der Waals surface area contributed by atoms with Gasteiger partial charge in [0.05, 0.1) is 10.3 Å². The highest BCUT2D eigenvalue weighted by atomic mass is 79.9. The molecule has 0 aromatic carbocycles. The van der Waals surface area contributed by atoms with Crippen LogP contribution in [-0.4, -0.2) is 26.2 Å². The first-order chi connectivity index (χ1) is 8.81. The van der Waals surface area contributed by atoms with Crippen molar-refractivity contribution in [1.82, 2.24) is 25.5 Å². The topological polar surface area (TPSA) is 55.6 Å². The van der Waals surface area contributed by atoms with Gasteiger partial charge in [0.15, 0.2) is 5.82 Å². The molecular formula is C11H14BrN5S. The zero-order chi connectivity index (χ0) is 12.4. The average molecular weight is 328 g/mol. The van der Waals surface area contributed by atoms with E-state index in [1.54, 1.807) is 11.3 Å². The molecule has 0 atom stereocenters. The molecule has 0 unspecified atom stereocenters. The van der Waals surface area contributed by atoms with E-state index in [0.29, 0.717) is 6.04 Å². The van der Waals surface area contributed by atoms with Crippen molar-refractivity contribution in [2.75, 3.05) is 0 Å². The first-order valence-corrected chi connectivity index (χ1v) is 7.65. The van der Waals surface area contributed by atoms with Crippen molar-refractivity contribution >= 4 is 27.3 Å². The molecule has 1 saturated carbocycles. The van der Waals surface area contributed by atoms with E-state index in [4.69, 9.17) is 0 Å². The number of nitrogens with one attached hydrogen (secondary N) is 1. The molecule has 1 fully saturated rings. The van der Waals surface area contributed by atoms with Gasteiger partial charge in [0, 0.05) is 23.9 Å². The fraction of sp³-hybridized carbons (Fsp3) is 0.545. The summed E-state index contributed by atoms with van der Waals surface area (Å²) in [7, 11) is 0. The molecule has 2 heterocycles. The van der Waals surface area contributed by atoms with Crippen molar-refractivity contribution in [3.05, 3.63) is 26.6 Å². The van der Waals surface area contributed by atoms with Crippen LogP contribution in [0.15, 0.2) is 15.9 Å². The largest absolute Gasteiger partial charge is 0.307 e. The second-order valence-electron chi connectivity index (χ2n) is 4.43. The molecule has 5 nitrogen and oxygen atoms in total. The number of hydrogen-bond acceptors (Lipinski definition) is 5. The van der Waals surface area contributed by atoms with E-state index in [1.165, 1.54) is 21.5 Å². The highest BCUT2D eigenvalue weighted by Gasteiger charge is 2.21. The molecule has 1 N–H and O–H groups in total. The monoisotopic (exact) mass is 327 g/mol. The van der Waals surface area contributed by atoms with E-state index in [9.17, 15) is 0 Å². The van der Waals surface area contributed by atoms with Crippen molar-refractivity contribution in [2.45, 2.75) is 38.4 Å². The van der Waals surface area contributed by atoms with Crippen LogP contribution in [0.1, 0.15) is 23.5 Å². The van der Waals surface area contributed by atoms with Crippen LogP contribution < -0.4 is 5.32 Å². The van der Waals surface area contributed by atoms with Crippen LogP contribution in [0.3, 0.4) is 0 Å². The lowest BCUT2D eigenvalue weighted by molar-refractivity contribution is 0.542. The van der Waals surface area contributed by atoms with Crippen molar-refractivity contribution in [2.24, 2.45) is 0 Å². The summed E-state index contributed by atoms with van der Waals surface area (Å²) in [5.74, 6) is 0.928. The van der Waals surface area contributed by atoms with Crippen molar-refractivity contribution in [3.8, 4) is 0 Å². The lowest BCUT2D eigenvalue weighted by Gasteiger charge is -2.04. The van der Waals surface area contributed by atoms with Gasteiger partial charge in [0.1, 0.15) is 0 Å². The highest BCUT2D eigenvalue weighted by Crippen LogP contribution is 2.22. The smallest absolute Gasteiger partial charge is 0.165 e. The average Bonchev–Trinajstić information content (AvgIpc) is 2.93. The van der Waals surface area contributed by atoms with Gasteiger partial charge in [0.25, 0.3) is 0 Å². The van der Waals surface area contributed by atoms with Crippen LogP contribution in [0.2, 0.25) is 0 Å². The molecule has 2 aromatic rings. The molecule has 0 amide bonds. The Balaban J connectivity index is 1.56. The van der Waals surface area contributed by atoms with Gasteiger partial charge in [-0.3, -0.25) is 0 Å². The molecule has 0 bridgehead atoms. The van der Waals surface area contributed by atoms with Crippen molar-refractivity contribution < 1.29 is 0 Å². The number of hydrogen-bond donors (Lipinski definition) is 1. The Morgan fingerprint density at radius 1 is 1.44 bits per heavy atom. The highest BCUT2D eigenvalue weighted by molar-refractivity contribution is 9.11. The van der Waals surface area contributed by atoms with Crippen molar-refractivity contribution in [3.63, 3.8) is 0 Å². The van der Waals surface area contributed by atoms with E-state index in [2.05, 4.69) is 48.9 Å². The Kier molecular flexibility index (Phi) is 3.72. The van der Waals surface area contributed by atoms with Crippen LogP contribution in [0.4, 0.5) is 0 Å². The van der Waals surface area contributed by atoms with Crippen LogP contribution in [0.5, 0.6) is 0 Å². The van der Waals surface area contributed by atoms with Crippen molar-refractivity contribution in [1.29, 1.82) is 0 Å². The molecule has 2 aromatic heterocycles. The van der Waals surface area contributed by atoms with E-state index in [0.717, 1.165) is 25.3 Å². The minimum Gasteiger partial charge on any atom is -0.307 e. The summed E-state index contributed by atoms with van der Waals surface area (Å²) < 4.78 is 3.06. The minimum absolute atomic E-state index is 0.684. The summed E-state index contributed by atoms with van der Waals surface area (Å²) in [5, 5.41) is 15.3. The zero-order valence-electron chi connectivity index (χ0n) is 9.84. The second-order valence-corrected chi connectivity index (χ2v) is 6.98. The molecule has 18 heavy (non-hydrogen) atoms. The van der Waals surface area contributed by atoms with Gasteiger partial charge in [-0.25, -0.2) is 4.68 Å². The molecule has 7 heteroatoms. The number of nitrogens with zero attached hydrogens (tertiary/aromatic N) is 4. The number of aryl methyl sites for hydroxylation is 2. The summed E-state index contributed by atoms with van der Waals surface area (Å²) >= 11 is 5.24. The number of aromatic nitrogens is 4. The summed E-state index contributed by atoms with van der Waals surface area (Å²) in [6.07, 6.45) is 3.54. The number of thiophene rings is 1. The fourth-order valence-electron chi connectivity index (χ4n) is 1.75. The third kappa shape index (κ3) is 3.15. The Bertz CT molecular complexity index is 519. The third-order valence-electron chi connectivity index (χ3n) is 2.93. The van der Waals surface area contributed by atoms with Gasteiger partial charge < -0.3 is 5.32 Å². The predicted octanol–water partition coefficient (Wildman–Crippen LogP) is 1.99. The van der Waals surface area contributed by atoms with Crippen LogP contribution in [-0.2, 0) is 19.5 Å². The van der Waals surface area contributed by atoms with E-state index < -0.39 is 0 Å². The van der Waals surface area contributed by atoms with E-state index in [-0.39, 0.29) is 0 Å².